The third kappa shape index (κ3) is 2.40. The Balaban J connectivity index is 2.68. The fraction of sp³-hybridized carbons (Fsp3) is 0.600. The van der Waals surface area contributed by atoms with Gasteiger partial charge in [0.2, 0.25) is 0 Å². The van der Waals surface area contributed by atoms with E-state index in [0.717, 1.165) is 0 Å². The smallest absolute Gasteiger partial charge is 0.102 e. The Bertz CT molecular complexity index is 171. The van der Waals surface area contributed by atoms with Gasteiger partial charge < -0.3 is 14.9 Å². The SMILES string of the molecule is C=C[C@@H]1O[C@H](C=C)[C@@H](O)CC[C@H]1O. The molecule has 1 rings (SSSR count). The molecule has 2 N–H and O–H groups in total. The average molecular weight is 184 g/mol. The Kier molecular flexibility index (Phi) is 3.66. The van der Waals surface area contributed by atoms with Gasteiger partial charge in [-0.15, -0.1) is 13.2 Å². The van der Waals surface area contributed by atoms with Gasteiger partial charge in [0.25, 0.3) is 0 Å². The second-order valence-corrected chi connectivity index (χ2v) is 3.25. The van der Waals surface area contributed by atoms with Crippen LogP contribution in [-0.4, -0.2) is 34.6 Å². The Hall–Kier alpha value is -0.640. The summed E-state index contributed by atoms with van der Waals surface area (Å²) in [6.45, 7) is 7.14. The molecule has 0 spiro atoms. The molecule has 1 aliphatic rings. The number of rotatable bonds is 2. The predicted octanol–water partition coefficient (Wildman–Crippen LogP) is 0.628. The zero-order valence-corrected chi connectivity index (χ0v) is 7.60. The van der Waals surface area contributed by atoms with Crippen LogP contribution in [0, 0.1) is 0 Å². The first kappa shape index (κ1) is 10.4. The molecule has 4 atom stereocenters. The molecule has 3 nitrogen and oxygen atoms in total. The van der Waals surface area contributed by atoms with E-state index < -0.39 is 24.4 Å². The third-order valence-electron chi connectivity index (χ3n) is 2.30. The number of ether oxygens (including phenoxy) is 1. The van der Waals surface area contributed by atoms with Gasteiger partial charge in [0, 0.05) is 0 Å². The summed E-state index contributed by atoms with van der Waals surface area (Å²) in [6.07, 6.45) is 2.22. The van der Waals surface area contributed by atoms with Crippen LogP contribution in [0.4, 0.5) is 0 Å². The van der Waals surface area contributed by atoms with Gasteiger partial charge in [0.15, 0.2) is 0 Å². The highest BCUT2D eigenvalue weighted by molar-refractivity contribution is 4.96. The van der Waals surface area contributed by atoms with Crippen molar-refractivity contribution in [3.8, 4) is 0 Å². The van der Waals surface area contributed by atoms with Crippen molar-refractivity contribution in [2.24, 2.45) is 0 Å². The van der Waals surface area contributed by atoms with E-state index in [1.54, 1.807) is 12.2 Å². The molecule has 0 saturated carbocycles. The second kappa shape index (κ2) is 4.56. The van der Waals surface area contributed by atoms with Gasteiger partial charge in [-0.05, 0) is 12.8 Å². The zero-order valence-electron chi connectivity index (χ0n) is 7.60. The van der Waals surface area contributed by atoms with E-state index in [4.69, 9.17) is 4.74 Å². The molecule has 0 aromatic carbocycles. The molecule has 1 fully saturated rings. The maximum Gasteiger partial charge on any atom is 0.102 e. The fourth-order valence-electron chi connectivity index (χ4n) is 1.46. The Morgan fingerprint density at radius 1 is 1.00 bits per heavy atom. The summed E-state index contributed by atoms with van der Waals surface area (Å²) < 4.78 is 5.40. The maximum absolute atomic E-state index is 9.54. The van der Waals surface area contributed by atoms with Crippen molar-refractivity contribution >= 4 is 0 Å². The Morgan fingerprint density at radius 3 is 1.69 bits per heavy atom. The standard InChI is InChI=1S/C10H16O3/c1-3-9-7(11)5-6-8(12)10(4-2)13-9/h3-4,7-12H,1-2,5-6H2/t7-,8+,9+,10-. The highest BCUT2D eigenvalue weighted by Crippen LogP contribution is 2.20. The Morgan fingerprint density at radius 2 is 1.38 bits per heavy atom. The molecule has 13 heavy (non-hydrogen) atoms. The third-order valence-corrected chi connectivity index (χ3v) is 2.30. The van der Waals surface area contributed by atoms with Crippen LogP contribution >= 0.6 is 0 Å². The molecule has 3 heteroatoms. The molecule has 0 unspecified atom stereocenters. The number of hydrogen-bond acceptors (Lipinski definition) is 3. The largest absolute Gasteiger partial charge is 0.390 e. The van der Waals surface area contributed by atoms with Crippen LogP contribution < -0.4 is 0 Å². The van der Waals surface area contributed by atoms with Crippen LogP contribution in [0.3, 0.4) is 0 Å². The monoisotopic (exact) mass is 184 g/mol. The molecular weight excluding hydrogens is 168 g/mol. The average Bonchev–Trinajstić information content (AvgIpc) is 2.27. The minimum atomic E-state index is -0.572. The number of aliphatic hydroxyl groups excluding tert-OH is 2. The summed E-state index contributed by atoms with van der Waals surface area (Å²) in [4.78, 5) is 0. The molecule has 0 aromatic rings. The van der Waals surface area contributed by atoms with E-state index >= 15 is 0 Å². The lowest BCUT2D eigenvalue weighted by Gasteiger charge is -2.21. The molecule has 0 aliphatic carbocycles. The van der Waals surface area contributed by atoms with Gasteiger partial charge in [-0.3, -0.25) is 0 Å². The lowest BCUT2D eigenvalue weighted by molar-refractivity contribution is -0.0520. The van der Waals surface area contributed by atoms with Gasteiger partial charge in [-0.2, -0.15) is 0 Å². The van der Waals surface area contributed by atoms with Crippen LogP contribution in [0.5, 0.6) is 0 Å². The van der Waals surface area contributed by atoms with E-state index in [-0.39, 0.29) is 0 Å². The van der Waals surface area contributed by atoms with Crippen molar-refractivity contribution in [3.63, 3.8) is 0 Å². The predicted molar refractivity (Wildman–Crippen MR) is 50.3 cm³/mol. The zero-order chi connectivity index (χ0) is 9.84. The van der Waals surface area contributed by atoms with Gasteiger partial charge in [0.1, 0.15) is 12.2 Å². The molecule has 1 saturated heterocycles. The van der Waals surface area contributed by atoms with Gasteiger partial charge in [0.05, 0.1) is 12.2 Å². The lowest BCUT2D eigenvalue weighted by atomic mass is 10.1. The minimum absolute atomic E-state index is 0.403. The van der Waals surface area contributed by atoms with Crippen LogP contribution in [0.2, 0.25) is 0 Å². The minimum Gasteiger partial charge on any atom is -0.390 e. The summed E-state index contributed by atoms with van der Waals surface area (Å²) in [5.74, 6) is 0. The van der Waals surface area contributed by atoms with Crippen molar-refractivity contribution in [1.82, 2.24) is 0 Å². The number of hydrogen-bond donors (Lipinski definition) is 2. The van der Waals surface area contributed by atoms with Crippen molar-refractivity contribution in [1.29, 1.82) is 0 Å². The second-order valence-electron chi connectivity index (χ2n) is 3.25. The summed E-state index contributed by atoms with van der Waals surface area (Å²) in [7, 11) is 0. The van der Waals surface area contributed by atoms with Crippen LogP contribution in [-0.2, 0) is 4.74 Å². The normalized spacial score (nSPS) is 40.8. The number of aliphatic hydroxyl groups is 2. The summed E-state index contributed by atoms with van der Waals surface area (Å²) in [5.41, 5.74) is 0. The molecule has 0 bridgehead atoms. The van der Waals surface area contributed by atoms with Gasteiger partial charge in [-0.1, -0.05) is 12.2 Å². The molecule has 74 valence electrons. The topological polar surface area (TPSA) is 49.7 Å². The summed E-state index contributed by atoms with van der Waals surface area (Å²) >= 11 is 0. The van der Waals surface area contributed by atoms with Crippen LogP contribution in [0.25, 0.3) is 0 Å². The Labute approximate surface area is 78.3 Å². The van der Waals surface area contributed by atoms with E-state index in [1.807, 2.05) is 0 Å². The lowest BCUT2D eigenvalue weighted by Crippen LogP contribution is -2.30. The van der Waals surface area contributed by atoms with Gasteiger partial charge >= 0.3 is 0 Å². The van der Waals surface area contributed by atoms with Crippen molar-refractivity contribution < 1.29 is 14.9 Å². The highest BCUT2D eigenvalue weighted by atomic mass is 16.5. The quantitative estimate of drug-likeness (QED) is 0.619. The molecule has 1 aliphatic heterocycles. The van der Waals surface area contributed by atoms with Crippen molar-refractivity contribution in [3.05, 3.63) is 25.3 Å². The maximum atomic E-state index is 9.54. The molecule has 0 amide bonds. The fourth-order valence-corrected chi connectivity index (χ4v) is 1.46. The van der Waals surface area contributed by atoms with Crippen LogP contribution in [0.15, 0.2) is 25.3 Å². The first-order chi connectivity index (χ1) is 6.19. The van der Waals surface area contributed by atoms with Crippen molar-refractivity contribution in [2.45, 2.75) is 37.3 Å². The molecule has 0 aromatic heterocycles. The van der Waals surface area contributed by atoms with Gasteiger partial charge in [-0.25, -0.2) is 0 Å². The molecule has 1 heterocycles. The molecular formula is C10H16O3. The summed E-state index contributed by atoms with van der Waals surface area (Å²) in [5, 5.41) is 19.1. The first-order valence-corrected chi connectivity index (χ1v) is 4.45. The highest BCUT2D eigenvalue weighted by Gasteiger charge is 2.29. The van der Waals surface area contributed by atoms with Crippen molar-refractivity contribution in [2.75, 3.05) is 0 Å². The van der Waals surface area contributed by atoms with Crippen LogP contribution in [0.1, 0.15) is 12.8 Å². The first-order valence-electron chi connectivity index (χ1n) is 4.45. The van der Waals surface area contributed by atoms with E-state index in [2.05, 4.69) is 13.2 Å². The summed E-state index contributed by atoms with van der Waals surface area (Å²) in [6, 6.07) is 0. The molecule has 0 radical (unpaired) electrons. The van der Waals surface area contributed by atoms with E-state index in [0.29, 0.717) is 12.8 Å². The van der Waals surface area contributed by atoms with E-state index in [9.17, 15) is 10.2 Å². The van der Waals surface area contributed by atoms with E-state index in [1.165, 1.54) is 0 Å².